The molecule has 1 rings (SSSR count). The molecular formula is C12H16FNO3. The van der Waals surface area contributed by atoms with Gasteiger partial charge in [0, 0.05) is 13.2 Å². The highest BCUT2D eigenvalue weighted by Crippen LogP contribution is 2.20. The van der Waals surface area contributed by atoms with E-state index in [1.807, 2.05) is 6.92 Å². The van der Waals surface area contributed by atoms with Gasteiger partial charge in [-0.1, -0.05) is 13.0 Å². The molecule has 4 nitrogen and oxygen atoms in total. The molecule has 17 heavy (non-hydrogen) atoms. The van der Waals surface area contributed by atoms with Crippen molar-refractivity contribution in [2.24, 2.45) is 0 Å². The van der Waals surface area contributed by atoms with E-state index in [0.717, 1.165) is 12.5 Å². The molecule has 0 aliphatic carbocycles. The van der Waals surface area contributed by atoms with Crippen molar-refractivity contribution < 1.29 is 19.0 Å². The van der Waals surface area contributed by atoms with Crippen molar-refractivity contribution in [1.82, 2.24) is 0 Å². The molecule has 1 atom stereocenters. The summed E-state index contributed by atoms with van der Waals surface area (Å²) in [6.45, 7) is 2.38. The highest BCUT2D eigenvalue weighted by molar-refractivity contribution is 5.94. The maximum atomic E-state index is 13.4. The summed E-state index contributed by atoms with van der Waals surface area (Å²) in [5.41, 5.74) is -0.0524. The predicted octanol–water partition coefficient (Wildman–Crippen LogP) is 2.36. The van der Waals surface area contributed by atoms with Gasteiger partial charge in [0.25, 0.3) is 0 Å². The van der Waals surface area contributed by atoms with Gasteiger partial charge in [-0.2, -0.15) is 0 Å². The third-order valence-electron chi connectivity index (χ3n) is 2.45. The minimum atomic E-state index is -1.28. The van der Waals surface area contributed by atoms with Crippen molar-refractivity contribution in [1.29, 1.82) is 0 Å². The van der Waals surface area contributed by atoms with Crippen LogP contribution in [0.3, 0.4) is 0 Å². The maximum Gasteiger partial charge on any atom is 0.340 e. The number of aromatic carboxylic acids is 1. The molecule has 0 aliphatic heterocycles. The standard InChI is InChI=1S/C12H16FNO3/c1-3-8(7-17-2)14-10-6-4-5-9(13)11(10)12(15)16/h4-6,8,14H,3,7H2,1-2H3,(H,15,16). The van der Waals surface area contributed by atoms with E-state index in [1.54, 1.807) is 13.2 Å². The number of benzene rings is 1. The lowest BCUT2D eigenvalue weighted by molar-refractivity contribution is 0.0693. The van der Waals surface area contributed by atoms with Crippen LogP contribution in [0.5, 0.6) is 0 Å². The minimum absolute atomic E-state index is 0.0418. The van der Waals surface area contributed by atoms with Crippen molar-refractivity contribution in [3.63, 3.8) is 0 Å². The van der Waals surface area contributed by atoms with Crippen molar-refractivity contribution in [3.8, 4) is 0 Å². The van der Waals surface area contributed by atoms with E-state index < -0.39 is 11.8 Å². The Morgan fingerprint density at radius 2 is 2.29 bits per heavy atom. The van der Waals surface area contributed by atoms with Gasteiger partial charge in [0.15, 0.2) is 0 Å². The number of carbonyl (C=O) groups is 1. The lowest BCUT2D eigenvalue weighted by atomic mass is 10.1. The number of carboxylic acids is 1. The van der Waals surface area contributed by atoms with E-state index in [-0.39, 0.29) is 17.3 Å². The summed E-state index contributed by atoms with van der Waals surface area (Å²) in [6.07, 6.45) is 0.753. The van der Waals surface area contributed by atoms with E-state index in [9.17, 15) is 9.18 Å². The fourth-order valence-electron chi connectivity index (χ4n) is 1.54. The molecule has 94 valence electrons. The van der Waals surface area contributed by atoms with Crippen LogP contribution in [0.4, 0.5) is 10.1 Å². The van der Waals surface area contributed by atoms with E-state index in [4.69, 9.17) is 9.84 Å². The second-order valence-corrected chi connectivity index (χ2v) is 3.67. The molecule has 5 heteroatoms. The number of rotatable bonds is 6. The number of nitrogens with one attached hydrogen (secondary N) is 1. The first-order valence-corrected chi connectivity index (χ1v) is 5.37. The van der Waals surface area contributed by atoms with Crippen LogP contribution in [0.1, 0.15) is 23.7 Å². The van der Waals surface area contributed by atoms with E-state index in [1.165, 1.54) is 6.07 Å². The monoisotopic (exact) mass is 241 g/mol. The first-order chi connectivity index (χ1) is 8.10. The summed E-state index contributed by atoms with van der Waals surface area (Å²) in [6, 6.07) is 4.11. The lowest BCUT2D eigenvalue weighted by Crippen LogP contribution is -2.25. The molecule has 2 N–H and O–H groups in total. The number of hydrogen-bond donors (Lipinski definition) is 2. The number of anilines is 1. The first kappa shape index (κ1) is 13.4. The number of ether oxygens (including phenoxy) is 1. The van der Waals surface area contributed by atoms with Crippen molar-refractivity contribution in [2.45, 2.75) is 19.4 Å². The lowest BCUT2D eigenvalue weighted by Gasteiger charge is -2.18. The van der Waals surface area contributed by atoms with Gasteiger partial charge in [0.05, 0.1) is 12.3 Å². The van der Waals surface area contributed by atoms with Gasteiger partial charge in [-0.3, -0.25) is 0 Å². The van der Waals surface area contributed by atoms with Gasteiger partial charge in [0.1, 0.15) is 11.4 Å². The molecule has 0 saturated heterocycles. The summed E-state index contributed by atoms with van der Waals surface area (Å²) in [5, 5.41) is 11.9. The highest BCUT2D eigenvalue weighted by Gasteiger charge is 2.17. The van der Waals surface area contributed by atoms with Crippen molar-refractivity contribution >= 4 is 11.7 Å². The topological polar surface area (TPSA) is 58.6 Å². The van der Waals surface area contributed by atoms with Crippen LogP contribution in [0, 0.1) is 5.82 Å². The molecule has 0 heterocycles. The van der Waals surface area contributed by atoms with Crippen LogP contribution in [0.25, 0.3) is 0 Å². The SMILES string of the molecule is CCC(COC)Nc1cccc(F)c1C(=O)O. The average molecular weight is 241 g/mol. The van der Waals surface area contributed by atoms with Crippen molar-refractivity contribution in [3.05, 3.63) is 29.6 Å². The molecule has 0 aromatic heterocycles. The Morgan fingerprint density at radius 1 is 1.59 bits per heavy atom. The van der Waals surface area contributed by atoms with Crippen LogP contribution >= 0.6 is 0 Å². The molecule has 1 aromatic carbocycles. The summed E-state index contributed by atoms with van der Waals surface area (Å²) in [4.78, 5) is 11.0. The smallest absolute Gasteiger partial charge is 0.340 e. The molecule has 0 radical (unpaired) electrons. The number of methoxy groups -OCH3 is 1. The Bertz CT molecular complexity index is 395. The molecule has 0 saturated carbocycles. The third-order valence-corrected chi connectivity index (χ3v) is 2.45. The molecule has 0 fully saturated rings. The molecule has 1 aromatic rings. The van der Waals surface area contributed by atoms with Crippen LogP contribution in [-0.2, 0) is 4.74 Å². The van der Waals surface area contributed by atoms with Crippen LogP contribution in [-0.4, -0.2) is 30.8 Å². The van der Waals surface area contributed by atoms with Crippen molar-refractivity contribution in [2.75, 3.05) is 19.0 Å². The summed E-state index contributed by atoms with van der Waals surface area (Å²) in [7, 11) is 1.56. The molecule has 0 aliphatic rings. The highest BCUT2D eigenvalue weighted by atomic mass is 19.1. The second-order valence-electron chi connectivity index (χ2n) is 3.67. The van der Waals surface area contributed by atoms with Gasteiger partial charge in [-0.25, -0.2) is 9.18 Å². The van der Waals surface area contributed by atoms with E-state index in [2.05, 4.69) is 5.32 Å². The third kappa shape index (κ3) is 3.42. The number of halogens is 1. The quantitative estimate of drug-likeness (QED) is 0.802. The van der Waals surface area contributed by atoms with Gasteiger partial charge in [-0.15, -0.1) is 0 Å². The Hall–Kier alpha value is -1.62. The second kappa shape index (κ2) is 6.20. The minimum Gasteiger partial charge on any atom is -0.478 e. The normalized spacial score (nSPS) is 12.2. The summed E-state index contributed by atoms with van der Waals surface area (Å²) >= 11 is 0. The maximum absolute atomic E-state index is 13.4. The molecule has 0 bridgehead atoms. The van der Waals surface area contributed by atoms with Gasteiger partial charge >= 0.3 is 5.97 Å². The fraction of sp³-hybridized carbons (Fsp3) is 0.417. The zero-order valence-electron chi connectivity index (χ0n) is 9.87. The van der Waals surface area contributed by atoms with Gasteiger partial charge < -0.3 is 15.2 Å². The average Bonchev–Trinajstić information content (AvgIpc) is 2.28. The molecule has 0 spiro atoms. The van der Waals surface area contributed by atoms with E-state index in [0.29, 0.717) is 6.61 Å². The molecule has 0 amide bonds. The summed E-state index contributed by atoms with van der Waals surface area (Å²) in [5.74, 6) is -2.02. The largest absolute Gasteiger partial charge is 0.478 e. The van der Waals surface area contributed by atoms with Crippen LogP contribution in [0.2, 0.25) is 0 Å². The first-order valence-electron chi connectivity index (χ1n) is 5.37. The number of carboxylic acid groups (broad SMARTS) is 1. The Morgan fingerprint density at radius 3 is 2.82 bits per heavy atom. The zero-order chi connectivity index (χ0) is 12.8. The molecule has 1 unspecified atom stereocenters. The Balaban J connectivity index is 2.97. The number of hydrogen-bond acceptors (Lipinski definition) is 3. The van der Waals surface area contributed by atoms with Crippen LogP contribution < -0.4 is 5.32 Å². The van der Waals surface area contributed by atoms with E-state index >= 15 is 0 Å². The van der Waals surface area contributed by atoms with Gasteiger partial charge in [-0.05, 0) is 18.6 Å². The predicted molar refractivity (Wildman–Crippen MR) is 62.9 cm³/mol. The fourth-order valence-corrected chi connectivity index (χ4v) is 1.54. The summed E-state index contributed by atoms with van der Waals surface area (Å²) < 4.78 is 18.4. The Kier molecular flexibility index (Phi) is 4.90. The van der Waals surface area contributed by atoms with Gasteiger partial charge in [0.2, 0.25) is 0 Å². The zero-order valence-corrected chi connectivity index (χ0v) is 9.87. The van der Waals surface area contributed by atoms with Crippen LogP contribution in [0.15, 0.2) is 18.2 Å². The molecular weight excluding hydrogens is 225 g/mol. The Labute approximate surface area is 99.4 Å².